The third-order valence-corrected chi connectivity index (χ3v) is 4.65. The second-order valence-corrected chi connectivity index (χ2v) is 7.07. The number of carboxylic acids is 1. The number of nitrogens with zero attached hydrogens (tertiary/aromatic N) is 1. The molecule has 0 radical (unpaired) electrons. The van der Waals surface area contributed by atoms with Crippen molar-refractivity contribution in [2.45, 2.75) is 64.3 Å². The van der Waals surface area contributed by atoms with Gasteiger partial charge in [-0.25, -0.2) is 9.59 Å². The molecule has 1 saturated heterocycles. The number of urea groups is 1. The Morgan fingerprint density at radius 2 is 1.70 bits per heavy atom. The van der Waals surface area contributed by atoms with E-state index < -0.39 is 11.5 Å². The highest BCUT2D eigenvalue weighted by atomic mass is 16.4. The van der Waals surface area contributed by atoms with Crippen LogP contribution in [-0.2, 0) is 4.79 Å². The van der Waals surface area contributed by atoms with E-state index >= 15 is 0 Å². The summed E-state index contributed by atoms with van der Waals surface area (Å²) >= 11 is 0. The maximum atomic E-state index is 12.4. The maximum absolute atomic E-state index is 12.4. The van der Waals surface area contributed by atoms with Crippen LogP contribution in [0, 0.1) is 5.41 Å². The predicted molar refractivity (Wildman–Crippen MR) is 76.6 cm³/mol. The number of likely N-dealkylation sites (tertiary alicyclic amines) is 1. The lowest BCUT2D eigenvalue weighted by Crippen LogP contribution is -2.60. The fourth-order valence-corrected chi connectivity index (χ4v) is 3.43. The average Bonchev–Trinajstić information content (AvgIpc) is 2.38. The van der Waals surface area contributed by atoms with Gasteiger partial charge in [0.25, 0.3) is 0 Å². The molecule has 0 spiro atoms. The van der Waals surface area contributed by atoms with E-state index in [4.69, 9.17) is 0 Å². The van der Waals surface area contributed by atoms with E-state index in [9.17, 15) is 14.7 Å². The van der Waals surface area contributed by atoms with Crippen molar-refractivity contribution in [3.05, 3.63) is 0 Å². The second-order valence-electron chi connectivity index (χ2n) is 7.07. The Balaban J connectivity index is 2.03. The summed E-state index contributed by atoms with van der Waals surface area (Å²) in [4.78, 5) is 25.8. The van der Waals surface area contributed by atoms with Crippen LogP contribution in [0.2, 0.25) is 0 Å². The highest BCUT2D eigenvalue weighted by Gasteiger charge is 2.42. The van der Waals surface area contributed by atoms with E-state index in [1.807, 2.05) is 0 Å². The molecule has 2 N–H and O–H groups in total. The van der Waals surface area contributed by atoms with Crippen LogP contribution in [0.3, 0.4) is 0 Å². The molecule has 20 heavy (non-hydrogen) atoms. The normalized spacial score (nSPS) is 25.0. The number of carboxylic acid groups (broad SMARTS) is 1. The van der Waals surface area contributed by atoms with E-state index in [1.165, 1.54) is 0 Å². The van der Waals surface area contributed by atoms with Gasteiger partial charge in [-0.2, -0.15) is 0 Å². The molecular formula is C15H26N2O3. The molecule has 1 aliphatic carbocycles. The van der Waals surface area contributed by atoms with E-state index in [2.05, 4.69) is 19.2 Å². The molecule has 114 valence electrons. The Kier molecular flexibility index (Phi) is 4.25. The molecule has 0 unspecified atom stereocenters. The molecule has 5 nitrogen and oxygen atoms in total. The summed E-state index contributed by atoms with van der Waals surface area (Å²) in [6, 6.07) is -0.206. The van der Waals surface area contributed by atoms with Gasteiger partial charge in [-0.3, -0.25) is 0 Å². The highest BCUT2D eigenvalue weighted by Crippen LogP contribution is 2.31. The number of nitrogens with one attached hydrogen (secondary N) is 1. The van der Waals surface area contributed by atoms with Crippen molar-refractivity contribution < 1.29 is 14.7 Å². The van der Waals surface area contributed by atoms with Crippen LogP contribution in [0.25, 0.3) is 0 Å². The van der Waals surface area contributed by atoms with Crippen molar-refractivity contribution in [1.29, 1.82) is 0 Å². The molecule has 0 aromatic rings. The van der Waals surface area contributed by atoms with Gasteiger partial charge in [-0.1, -0.05) is 33.1 Å². The van der Waals surface area contributed by atoms with Gasteiger partial charge < -0.3 is 15.3 Å². The average molecular weight is 282 g/mol. The van der Waals surface area contributed by atoms with Crippen molar-refractivity contribution in [3.63, 3.8) is 0 Å². The molecule has 2 aliphatic rings. The van der Waals surface area contributed by atoms with Gasteiger partial charge in [0.2, 0.25) is 0 Å². The number of carbonyl (C=O) groups excluding carboxylic acids is 1. The van der Waals surface area contributed by atoms with Crippen LogP contribution in [-0.4, -0.2) is 40.6 Å². The number of aliphatic carboxylic acids is 1. The summed E-state index contributed by atoms with van der Waals surface area (Å²) in [7, 11) is 0. The first-order chi connectivity index (χ1) is 9.35. The zero-order chi connectivity index (χ0) is 14.8. The molecule has 5 heteroatoms. The quantitative estimate of drug-likeness (QED) is 0.818. The lowest BCUT2D eigenvalue weighted by Gasteiger charge is -2.41. The minimum absolute atomic E-state index is 0.124. The third-order valence-electron chi connectivity index (χ3n) is 4.65. The Bertz CT molecular complexity index is 387. The summed E-state index contributed by atoms with van der Waals surface area (Å²) in [5.41, 5.74) is -0.921. The van der Waals surface area contributed by atoms with Gasteiger partial charge in [-0.05, 0) is 31.1 Å². The molecule has 0 atom stereocenters. The number of amides is 2. The van der Waals surface area contributed by atoms with Crippen LogP contribution in [0.15, 0.2) is 0 Å². The van der Waals surface area contributed by atoms with Crippen molar-refractivity contribution in [3.8, 4) is 0 Å². The Morgan fingerprint density at radius 1 is 1.05 bits per heavy atom. The monoisotopic (exact) mass is 282 g/mol. The second kappa shape index (κ2) is 5.62. The van der Waals surface area contributed by atoms with Gasteiger partial charge in [-0.15, -0.1) is 0 Å². The molecule has 1 saturated carbocycles. The molecule has 0 aromatic heterocycles. The minimum atomic E-state index is -1.04. The Labute approximate surface area is 120 Å². The van der Waals surface area contributed by atoms with Crippen molar-refractivity contribution in [2.75, 3.05) is 13.1 Å². The zero-order valence-electron chi connectivity index (χ0n) is 12.6. The minimum Gasteiger partial charge on any atom is -0.480 e. The lowest BCUT2D eigenvalue weighted by molar-refractivity contribution is -0.146. The van der Waals surface area contributed by atoms with Crippen molar-refractivity contribution in [1.82, 2.24) is 10.2 Å². The summed E-state index contributed by atoms with van der Waals surface area (Å²) in [5.74, 6) is -0.887. The molecule has 2 rings (SSSR count). The van der Waals surface area contributed by atoms with Crippen LogP contribution < -0.4 is 5.32 Å². The van der Waals surface area contributed by atoms with Gasteiger partial charge in [0.15, 0.2) is 0 Å². The van der Waals surface area contributed by atoms with Crippen LogP contribution in [0.5, 0.6) is 0 Å². The molecule has 2 fully saturated rings. The number of rotatable bonds is 2. The summed E-state index contributed by atoms with van der Waals surface area (Å²) in [5, 5.41) is 12.3. The first-order valence-electron chi connectivity index (χ1n) is 7.65. The van der Waals surface area contributed by atoms with Crippen LogP contribution in [0.1, 0.15) is 58.8 Å². The fraction of sp³-hybridized carbons (Fsp3) is 0.867. The largest absolute Gasteiger partial charge is 0.480 e. The van der Waals surface area contributed by atoms with Gasteiger partial charge in [0, 0.05) is 13.1 Å². The van der Waals surface area contributed by atoms with E-state index in [-0.39, 0.29) is 11.4 Å². The Hall–Kier alpha value is -1.26. The number of piperidine rings is 1. The number of carbonyl (C=O) groups is 2. The third kappa shape index (κ3) is 3.25. The summed E-state index contributed by atoms with van der Waals surface area (Å²) in [6.45, 7) is 5.74. The Morgan fingerprint density at radius 3 is 2.25 bits per heavy atom. The fourth-order valence-electron chi connectivity index (χ4n) is 3.43. The first-order valence-corrected chi connectivity index (χ1v) is 7.65. The smallest absolute Gasteiger partial charge is 0.329 e. The van der Waals surface area contributed by atoms with Crippen molar-refractivity contribution >= 4 is 12.0 Å². The topological polar surface area (TPSA) is 69.6 Å². The van der Waals surface area contributed by atoms with Crippen molar-refractivity contribution in [2.24, 2.45) is 5.41 Å². The molecule has 0 bridgehead atoms. The zero-order valence-corrected chi connectivity index (χ0v) is 12.6. The SMILES string of the molecule is CC1(C)CCCN(C(=O)NC2(C(=O)O)CCCCC2)C1. The van der Waals surface area contributed by atoms with Gasteiger partial charge in [0.1, 0.15) is 5.54 Å². The van der Waals surface area contributed by atoms with E-state index in [0.717, 1.165) is 38.6 Å². The van der Waals surface area contributed by atoms with Gasteiger partial charge in [0.05, 0.1) is 0 Å². The van der Waals surface area contributed by atoms with E-state index in [1.54, 1.807) is 4.90 Å². The molecule has 1 heterocycles. The molecule has 2 amide bonds. The van der Waals surface area contributed by atoms with Crippen LogP contribution >= 0.6 is 0 Å². The number of hydrogen-bond acceptors (Lipinski definition) is 2. The summed E-state index contributed by atoms with van der Waals surface area (Å²) < 4.78 is 0. The molecular weight excluding hydrogens is 256 g/mol. The van der Waals surface area contributed by atoms with Crippen LogP contribution in [0.4, 0.5) is 4.79 Å². The highest BCUT2D eigenvalue weighted by molar-refractivity contribution is 5.86. The maximum Gasteiger partial charge on any atom is 0.329 e. The number of hydrogen-bond donors (Lipinski definition) is 2. The molecule has 0 aromatic carbocycles. The summed E-state index contributed by atoms with van der Waals surface area (Å²) in [6.07, 6.45) is 6.00. The molecule has 1 aliphatic heterocycles. The first kappa shape index (κ1) is 15.1. The van der Waals surface area contributed by atoms with Gasteiger partial charge >= 0.3 is 12.0 Å². The predicted octanol–water partition coefficient (Wildman–Crippen LogP) is 2.61. The standard InChI is InChI=1S/C15H26N2O3/c1-14(2)7-6-10-17(11-14)13(20)16-15(12(18)19)8-4-3-5-9-15/h3-11H2,1-2H3,(H,16,20)(H,18,19). The van der Waals surface area contributed by atoms with E-state index in [0.29, 0.717) is 19.4 Å². The lowest BCUT2D eigenvalue weighted by atomic mass is 9.81.